The fourth-order valence-corrected chi connectivity index (χ4v) is 1.76. The number of carbonyl (C=O) groups excluding carboxylic acids is 2. The van der Waals surface area contributed by atoms with Crippen molar-refractivity contribution < 1.29 is 23.8 Å². The van der Waals surface area contributed by atoms with Crippen LogP contribution in [0.4, 0.5) is 0 Å². The summed E-state index contributed by atoms with van der Waals surface area (Å²) in [5.74, 6) is -0.868. The summed E-state index contributed by atoms with van der Waals surface area (Å²) >= 11 is 0. The fourth-order valence-electron chi connectivity index (χ4n) is 1.76. The molecule has 0 saturated heterocycles. The van der Waals surface area contributed by atoms with Crippen molar-refractivity contribution in [3.8, 4) is 0 Å². The second kappa shape index (κ2) is 12.9. The molecule has 0 N–H and O–H groups in total. The van der Waals surface area contributed by atoms with Gasteiger partial charge in [-0.05, 0) is 25.7 Å². The maximum absolute atomic E-state index is 11.8. The van der Waals surface area contributed by atoms with Gasteiger partial charge in [0.2, 0.25) is 0 Å². The summed E-state index contributed by atoms with van der Waals surface area (Å²) < 4.78 is 15.1. The van der Waals surface area contributed by atoms with E-state index in [2.05, 4.69) is 0 Å². The van der Waals surface area contributed by atoms with E-state index in [1.807, 2.05) is 6.92 Å². The predicted molar refractivity (Wildman–Crippen MR) is 76.4 cm³/mol. The molecule has 0 fully saturated rings. The lowest BCUT2D eigenvalue weighted by molar-refractivity contribution is -0.167. The fraction of sp³-hybridized carbons (Fsp3) is 0.867. The van der Waals surface area contributed by atoms with E-state index in [4.69, 9.17) is 14.2 Å². The van der Waals surface area contributed by atoms with E-state index in [0.717, 1.165) is 45.1 Å². The maximum Gasteiger partial charge on any atom is 0.347 e. The smallest absolute Gasteiger partial charge is 0.347 e. The quantitative estimate of drug-likeness (QED) is 0.408. The van der Waals surface area contributed by atoms with Crippen LogP contribution in [0, 0.1) is 0 Å². The molecule has 20 heavy (non-hydrogen) atoms. The number of hydrogen-bond donors (Lipinski definition) is 0. The molecule has 0 heterocycles. The Morgan fingerprint density at radius 3 is 2.30 bits per heavy atom. The molecule has 0 saturated carbocycles. The number of methoxy groups -OCH3 is 1. The summed E-state index contributed by atoms with van der Waals surface area (Å²) in [6.07, 6.45) is 5.44. The third-order valence-electron chi connectivity index (χ3n) is 2.88. The first-order chi connectivity index (χ1) is 9.61. The van der Waals surface area contributed by atoms with Crippen LogP contribution in [-0.2, 0) is 23.8 Å². The highest BCUT2D eigenvalue weighted by molar-refractivity contribution is 5.78. The number of hydrogen-bond acceptors (Lipinski definition) is 5. The van der Waals surface area contributed by atoms with Crippen LogP contribution in [0.3, 0.4) is 0 Å². The van der Waals surface area contributed by atoms with E-state index in [0.29, 0.717) is 13.0 Å². The third-order valence-corrected chi connectivity index (χ3v) is 2.88. The minimum atomic E-state index is -0.758. The van der Waals surface area contributed by atoms with Gasteiger partial charge in [-0.2, -0.15) is 0 Å². The topological polar surface area (TPSA) is 61.8 Å². The van der Waals surface area contributed by atoms with Crippen molar-refractivity contribution in [2.45, 2.75) is 64.9 Å². The summed E-state index contributed by atoms with van der Waals surface area (Å²) in [6, 6.07) is 0. The Hall–Kier alpha value is -1.10. The molecule has 0 aliphatic heterocycles. The summed E-state index contributed by atoms with van der Waals surface area (Å²) in [5, 5.41) is 0. The van der Waals surface area contributed by atoms with E-state index in [-0.39, 0.29) is 0 Å². The van der Waals surface area contributed by atoms with Crippen molar-refractivity contribution in [1.29, 1.82) is 0 Å². The molecular weight excluding hydrogens is 260 g/mol. The van der Waals surface area contributed by atoms with Crippen LogP contribution in [-0.4, -0.2) is 38.4 Å². The van der Waals surface area contributed by atoms with Crippen molar-refractivity contribution in [1.82, 2.24) is 0 Å². The van der Waals surface area contributed by atoms with Gasteiger partial charge in [0.05, 0.1) is 6.61 Å². The molecule has 0 bridgehead atoms. The Morgan fingerprint density at radius 1 is 1.00 bits per heavy atom. The van der Waals surface area contributed by atoms with Gasteiger partial charge in [-0.15, -0.1) is 0 Å². The molecule has 118 valence electrons. The first-order valence-electron chi connectivity index (χ1n) is 7.44. The molecule has 1 unspecified atom stereocenters. The second-order valence-electron chi connectivity index (χ2n) is 4.81. The van der Waals surface area contributed by atoms with Crippen LogP contribution < -0.4 is 0 Å². The molecule has 5 heteroatoms. The van der Waals surface area contributed by atoms with Gasteiger partial charge in [0.15, 0.2) is 6.10 Å². The minimum Gasteiger partial charge on any atom is -0.463 e. The van der Waals surface area contributed by atoms with Crippen molar-refractivity contribution in [3.63, 3.8) is 0 Å². The molecule has 5 nitrogen and oxygen atoms in total. The van der Waals surface area contributed by atoms with Gasteiger partial charge in [0.25, 0.3) is 0 Å². The van der Waals surface area contributed by atoms with Crippen molar-refractivity contribution >= 4 is 11.9 Å². The van der Waals surface area contributed by atoms with Gasteiger partial charge in [0, 0.05) is 20.6 Å². The summed E-state index contributed by atoms with van der Waals surface area (Å²) in [7, 11) is 1.68. The first kappa shape index (κ1) is 18.9. The largest absolute Gasteiger partial charge is 0.463 e. The van der Waals surface area contributed by atoms with Gasteiger partial charge in [-0.25, -0.2) is 4.79 Å². The van der Waals surface area contributed by atoms with E-state index >= 15 is 0 Å². The highest BCUT2D eigenvalue weighted by Crippen LogP contribution is 2.11. The molecule has 1 atom stereocenters. The molecule has 0 aromatic carbocycles. The molecule has 0 amide bonds. The SMILES string of the molecule is CCCCOC(=O)C(CCCCCCOC)OC(C)=O. The van der Waals surface area contributed by atoms with Crippen LogP contribution >= 0.6 is 0 Å². The summed E-state index contributed by atoms with van der Waals surface area (Å²) in [6.45, 7) is 4.48. The van der Waals surface area contributed by atoms with Crippen LogP contribution in [0.15, 0.2) is 0 Å². The monoisotopic (exact) mass is 288 g/mol. The Balaban J connectivity index is 3.94. The third kappa shape index (κ3) is 10.8. The highest BCUT2D eigenvalue weighted by Gasteiger charge is 2.22. The van der Waals surface area contributed by atoms with Crippen LogP contribution in [0.2, 0.25) is 0 Å². The number of carbonyl (C=O) groups is 2. The zero-order chi connectivity index (χ0) is 15.2. The predicted octanol–water partition coefficient (Wildman–Crippen LogP) is 2.86. The zero-order valence-electron chi connectivity index (χ0n) is 13.0. The molecule has 0 aromatic heterocycles. The van der Waals surface area contributed by atoms with Crippen LogP contribution in [0.1, 0.15) is 58.8 Å². The molecular formula is C15H28O5. The van der Waals surface area contributed by atoms with Gasteiger partial charge >= 0.3 is 11.9 Å². The van der Waals surface area contributed by atoms with E-state index in [9.17, 15) is 9.59 Å². The summed E-state index contributed by atoms with van der Waals surface area (Å²) in [4.78, 5) is 22.8. The minimum absolute atomic E-state index is 0.390. The molecule has 0 spiro atoms. The zero-order valence-corrected chi connectivity index (χ0v) is 13.0. The number of unbranched alkanes of at least 4 members (excludes halogenated alkanes) is 4. The van der Waals surface area contributed by atoms with Crippen molar-refractivity contribution in [2.75, 3.05) is 20.3 Å². The van der Waals surface area contributed by atoms with E-state index in [1.54, 1.807) is 7.11 Å². The van der Waals surface area contributed by atoms with Gasteiger partial charge in [0.1, 0.15) is 0 Å². The lowest BCUT2D eigenvalue weighted by Gasteiger charge is -2.15. The summed E-state index contributed by atoms with van der Waals surface area (Å²) in [5.41, 5.74) is 0. The average Bonchev–Trinajstić information content (AvgIpc) is 2.41. The number of esters is 2. The maximum atomic E-state index is 11.8. The lowest BCUT2D eigenvalue weighted by Crippen LogP contribution is -2.28. The van der Waals surface area contributed by atoms with Crippen molar-refractivity contribution in [2.24, 2.45) is 0 Å². The van der Waals surface area contributed by atoms with E-state index < -0.39 is 18.0 Å². The molecule has 0 radical (unpaired) electrons. The number of rotatable bonds is 12. The molecule has 0 aromatic rings. The van der Waals surface area contributed by atoms with Gasteiger partial charge in [-0.3, -0.25) is 4.79 Å². The average molecular weight is 288 g/mol. The normalized spacial score (nSPS) is 11.9. The Morgan fingerprint density at radius 2 is 1.70 bits per heavy atom. The molecule has 0 aliphatic carbocycles. The van der Waals surface area contributed by atoms with Gasteiger partial charge in [-0.1, -0.05) is 26.2 Å². The molecule has 0 rings (SSSR count). The van der Waals surface area contributed by atoms with E-state index in [1.165, 1.54) is 6.92 Å². The second-order valence-corrected chi connectivity index (χ2v) is 4.81. The Labute approximate surface area is 122 Å². The Kier molecular flexibility index (Phi) is 12.2. The van der Waals surface area contributed by atoms with Crippen molar-refractivity contribution in [3.05, 3.63) is 0 Å². The molecule has 0 aliphatic rings. The highest BCUT2D eigenvalue weighted by atomic mass is 16.6. The van der Waals surface area contributed by atoms with Crippen LogP contribution in [0.5, 0.6) is 0 Å². The first-order valence-corrected chi connectivity index (χ1v) is 7.44. The standard InChI is InChI=1S/C15H28O5/c1-4-5-12-19-15(17)14(20-13(2)16)10-8-6-7-9-11-18-3/h14H,4-12H2,1-3H3. The number of ether oxygens (including phenoxy) is 3. The Bertz CT molecular complexity index is 265. The van der Waals surface area contributed by atoms with Gasteiger partial charge < -0.3 is 14.2 Å². The van der Waals surface area contributed by atoms with Crippen LogP contribution in [0.25, 0.3) is 0 Å². The lowest BCUT2D eigenvalue weighted by atomic mass is 10.1.